The van der Waals surface area contributed by atoms with Gasteiger partial charge in [-0.25, -0.2) is 4.79 Å². The first kappa shape index (κ1) is 9.38. The largest absolute Gasteiger partial charge is 0.397 e. The van der Waals surface area contributed by atoms with Crippen LogP contribution in [0.4, 0.5) is 16.2 Å². The van der Waals surface area contributed by atoms with Crippen molar-refractivity contribution >= 4 is 17.4 Å². The molecule has 0 saturated carbocycles. The van der Waals surface area contributed by atoms with Gasteiger partial charge in [0.1, 0.15) is 0 Å². The van der Waals surface area contributed by atoms with Crippen molar-refractivity contribution in [3.8, 4) is 0 Å². The Labute approximate surface area is 77.1 Å². The Morgan fingerprint density at radius 1 is 1.46 bits per heavy atom. The molecule has 0 bridgehead atoms. The molecule has 1 aromatic carbocycles. The van der Waals surface area contributed by atoms with Crippen LogP contribution >= 0.6 is 0 Å². The zero-order chi connectivity index (χ0) is 9.68. The van der Waals surface area contributed by atoms with Crippen molar-refractivity contribution in [1.82, 2.24) is 5.32 Å². The van der Waals surface area contributed by atoms with Crippen LogP contribution in [0.1, 0.15) is 6.92 Å². The molecule has 1 rings (SSSR count). The molecule has 13 heavy (non-hydrogen) atoms. The summed E-state index contributed by atoms with van der Waals surface area (Å²) in [4.78, 5) is 11.1. The van der Waals surface area contributed by atoms with Crippen molar-refractivity contribution in [3.63, 3.8) is 0 Å². The quantitative estimate of drug-likeness (QED) is 0.601. The average molecular weight is 179 g/mol. The molecule has 0 fully saturated rings. The number of nitrogen functional groups attached to an aromatic ring is 1. The van der Waals surface area contributed by atoms with Crippen molar-refractivity contribution in [3.05, 3.63) is 24.3 Å². The maximum absolute atomic E-state index is 11.1. The number of amides is 2. The van der Waals surface area contributed by atoms with Gasteiger partial charge in [0.2, 0.25) is 0 Å². The molecular weight excluding hydrogens is 166 g/mol. The predicted molar refractivity (Wildman–Crippen MR) is 53.5 cm³/mol. The fourth-order valence-corrected chi connectivity index (χ4v) is 0.938. The molecule has 0 saturated heterocycles. The molecular formula is C9H13N3O. The molecule has 0 atom stereocenters. The Hall–Kier alpha value is -1.71. The maximum Gasteiger partial charge on any atom is 0.319 e. The summed E-state index contributed by atoms with van der Waals surface area (Å²) in [5.74, 6) is 0. The summed E-state index contributed by atoms with van der Waals surface area (Å²) in [7, 11) is 0. The summed E-state index contributed by atoms with van der Waals surface area (Å²) >= 11 is 0. The van der Waals surface area contributed by atoms with Crippen LogP contribution in [0.3, 0.4) is 0 Å². The summed E-state index contributed by atoms with van der Waals surface area (Å²) in [6, 6.07) is 6.89. The third kappa shape index (κ3) is 2.66. The number of anilines is 2. The van der Waals surface area contributed by atoms with E-state index in [0.717, 1.165) is 0 Å². The molecule has 1 aromatic rings. The lowest BCUT2D eigenvalue weighted by atomic mass is 10.3. The highest BCUT2D eigenvalue weighted by Gasteiger charge is 2.01. The van der Waals surface area contributed by atoms with Crippen molar-refractivity contribution < 1.29 is 4.79 Å². The normalized spacial score (nSPS) is 9.31. The van der Waals surface area contributed by atoms with Crippen LogP contribution in [0.2, 0.25) is 0 Å². The minimum absolute atomic E-state index is 0.236. The highest BCUT2D eigenvalue weighted by Crippen LogP contribution is 2.15. The minimum atomic E-state index is -0.236. The lowest BCUT2D eigenvalue weighted by Crippen LogP contribution is -2.28. The smallest absolute Gasteiger partial charge is 0.319 e. The third-order valence-electron chi connectivity index (χ3n) is 1.55. The Bertz CT molecular complexity index is 299. The van der Waals surface area contributed by atoms with Crippen LogP contribution < -0.4 is 16.4 Å². The number of carbonyl (C=O) groups excluding carboxylic acids is 1. The van der Waals surface area contributed by atoms with E-state index in [1.54, 1.807) is 12.1 Å². The highest BCUT2D eigenvalue weighted by molar-refractivity contribution is 5.92. The van der Waals surface area contributed by atoms with E-state index in [0.29, 0.717) is 17.9 Å². The van der Waals surface area contributed by atoms with Gasteiger partial charge in [0, 0.05) is 6.54 Å². The van der Waals surface area contributed by atoms with E-state index in [-0.39, 0.29) is 6.03 Å². The van der Waals surface area contributed by atoms with Gasteiger partial charge in [0.05, 0.1) is 11.4 Å². The first-order valence-corrected chi connectivity index (χ1v) is 4.13. The Kier molecular flexibility index (Phi) is 3.14. The van der Waals surface area contributed by atoms with E-state index in [1.165, 1.54) is 0 Å². The van der Waals surface area contributed by atoms with Gasteiger partial charge in [-0.3, -0.25) is 0 Å². The fourth-order valence-electron chi connectivity index (χ4n) is 0.938. The van der Waals surface area contributed by atoms with Crippen molar-refractivity contribution in [2.24, 2.45) is 0 Å². The van der Waals surface area contributed by atoms with E-state index in [1.807, 2.05) is 19.1 Å². The van der Waals surface area contributed by atoms with Gasteiger partial charge >= 0.3 is 6.03 Å². The summed E-state index contributed by atoms with van der Waals surface area (Å²) in [5, 5.41) is 5.25. The maximum atomic E-state index is 11.1. The van der Waals surface area contributed by atoms with E-state index in [2.05, 4.69) is 10.6 Å². The lowest BCUT2D eigenvalue weighted by molar-refractivity contribution is 0.252. The van der Waals surface area contributed by atoms with E-state index < -0.39 is 0 Å². The van der Waals surface area contributed by atoms with E-state index in [4.69, 9.17) is 5.73 Å². The zero-order valence-electron chi connectivity index (χ0n) is 7.50. The van der Waals surface area contributed by atoms with Crippen LogP contribution in [0.25, 0.3) is 0 Å². The van der Waals surface area contributed by atoms with Gasteiger partial charge < -0.3 is 16.4 Å². The average Bonchev–Trinajstić information content (AvgIpc) is 2.09. The highest BCUT2D eigenvalue weighted by atomic mass is 16.2. The number of nitrogens with one attached hydrogen (secondary N) is 2. The predicted octanol–water partition coefficient (Wildman–Crippen LogP) is 1.41. The van der Waals surface area contributed by atoms with Gasteiger partial charge in [-0.05, 0) is 19.1 Å². The SMILES string of the molecule is CCNC(=O)Nc1ccccc1N. The molecule has 4 heteroatoms. The number of carbonyl (C=O) groups is 1. The summed E-state index contributed by atoms with van der Waals surface area (Å²) in [6.45, 7) is 2.45. The number of para-hydroxylation sites is 2. The van der Waals surface area contributed by atoms with Crippen LogP contribution in [0.15, 0.2) is 24.3 Å². The number of hydrogen-bond donors (Lipinski definition) is 3. The lowest BCUT2D eigenvalue weighted by Gasteiger charge is -2.07. The molecule has 4 nitrogen and oxygen atoms in total. The number of hydrogen-bond acceptors (Lipinski definition) is 2. The fraction of sp³-hybridized carbons (Fsp3) is 0.222. The van der Waals surface area contributed by atoms with Crippen LogP contribution in [0.5, 0.6) is 0 Å². The van der Waals surface area contributed by atoms with Gasteiger partial charge in [-0.1, -0.05) is 12.1 Å². The second-order valence-electron chi connectivity index (χ2n) is 2.57. The monoisotopic (exact) mass is 179 g/mol. The zero-order valence-corrected chi connectivity index (χ0v) is 7.50. The standard InChI is InChI=1S/C9H13N3O/c1-2-11-9(13)12-8-6-4-3-5-7(8)10/h3-6H,2,10H2,1H3,(H2,11,12,13). The number of urea groups is 1. The molecule has 0 spiro atoms. The second kappa shape index (κ2) is 4.35. The molecule has 4 N–H and O–H groups in total. The van der Waals surface area contributed by atoms with Gasteiger partial charge in [-0.2, -0.15) is 0 Å². The summed E-state index contributed by atoms with van der Waals surface area (Å²) < 4.78 is 0. The summed E-state index contributed by atoms with van der Waals surface area (Å²) in [6.07, 6.45) is 0. The Balaban J connectivity index is 2.63. The van der Waals surface area contributed by atoms with Crippen LogP contribution in [-0.2, 0) is 0 Å². The Morgan fingerprint density at radius 2 is 2.15 bits per heavy atom. The molecule has 0 aliphatic carbocycles. The van der Waals surface area contributed by atoms with Crippen molar-refractivity contribution in [1.29, 1.82) is 0 Å². The Morgan fingerprint density at radius 3 is 2.77 bits per heavy atom. The van der Waals surface area contributed by atoms with Crippen molar-refractivity contribution in [2.75, 3.05) is 17.6 Å². The van der Waals surface area contributed by atoms with E-state index in [9.17, 15) is 4.79 Å². The topological polar surface area (TPSA) is 67.2 Å². The van der Waals surface area contributed by atoms with Crippen molar-refractivity contribution in [2.45, 2.75) is 6.92 Å². The minimum Gasteiger partial charge on any atom is -0.397 e. The second-order valence-corrected chi connectivity index (χ2v) is 2.57. The molecule has 70 valence electrons. The number of benzene rings is 1. The van der Waals surface area contributed by atoms with Crippen LogP contribution in [0, 0.1) is 0 Å². The number of rotatable bonds is 2. The van der Waals surface area contributed by atoms with Gasteiger partial charge in [-0.15, -0.1) is 0 Å². The number of nitrogens with two attached hydrogens (primary N) is 1. The van der Waals surface area contributed by atoms with E-state index >= 15 is 0 Å². The molecule has 2 amide bonds. The molecule has 0 aromatic heterocycles. The first-order chi connectivity index (χ1) is 6.24. The first-order valence-electron chi connectivity index (χ1n) is 4.13. The molecule has 0 heterocycles. The summed E-state index contributed by atoms with van der Waals surface area (Å²) in [5.41, 5.74) is 6.82. The molecule has 0 unspecified atom stereocenters. The van der Waals surface area contributed by atoms with Gasteiger partial charge in [0.25, 0.3) is 0 Å². The molecule has 0 aliphatic heterocycles. The van der Waals surface area contributed by atoms with Gasteiger partial charge in [0.15, 0.2) is 0 Å². The molecule has 0 aliphatic rings. The molecule has 0 radical (unpaired) electrons. The third-order valence-corrected chi connectivity index (χ3v) is 1.55. The van der Waals surface area contributed by atoms with Crippen LogP contribution in [-0.4, -0.2) is 12.6 Å².